The van der Waals surface area contributed by atoms with E-state index in [-0.39, 0.29) is 24.0 Å². The van der Waals surface area contributed by atoms with Gasteiger partial charge in [-0.2, -0.15) is 0 Å². The van der Waals surface area contributed by atoms with Gasteiger partial charge in [0.15, 0.2) is 5.76 Å². The molecule has 0 aliphatic carbocycles. The molecule has 0 spiro atoms. The predicted molar refractivity (Wildman–Crippen MR) is 70.7 cm³/mol. The molecule has 0 aliphatic rings. The molecule has 2 rings (SSSR count). The van der Waals surface area contributed by atoms with Gasteiger partial charge in [-0.05, 0) is 36.2 Å². The number of nitrogens with two attached hydrogens (primary N) is 1. The van der Waals surface area contributed by atoms with Crippen molar-refractivity contribution in [3.63, 3.8) is 0 Å². The fraction of sp³-hybridized carbons (Fsp3) is 0.214. The van der Waals surface area contributed by atoms with Gasteiger partial charge in [-0.1, -0.05) is 12.1 Å². The number of carbonyl (C=O) groups excluding carboxylic acids is 1. The van der Waals surface area contributed by atoms with Crippen molar-refractivity contribution in [2.24, 2.45) is 5.73 Å². The van der Waals surface area contributed by atoms with Crippen LogP contribution in [0.2, 0.25) is 0 Å². The van der Waals surface area contributed by atoms with Crippen molar-refractivity contribution in [1.82, 2.24) is 5.32 Å². The van der Waals surface area contributed by atoms with Crippen LogP contribution < -0.4 is 11.1 Å². The normalized spacial score (nSPS) is 10.4. The number of phenolic OH excluding ortho intramolecular Hbond substituents is 1. The van der Waals surface area contributed by atoms with E-state index in [1.807, 2.05) is 12.1 Å². The molecule has 0 radical (unpaired) electrons. The Balaban J connectivity index is 1.82. The highest BCUT2D eigenvalue weighted by Gasteiger charge is 2.09. The van der Waals surface area contributed by atoms with Crippen LogP contribution in [0.25, 0.3) is 0 Å². The van der Waals surface area contributed by atoms with E-state index in [9.17, 15) is 4.79 Å². The molecule has 0 saturated carbocycles. The Labute approximate surface area is 111 Å². The Morgan fingerprint density at radius 3 is 2.58 bits per heavy atom. The molecule has 0 unspecified atom stereocenters. The maximum atomic E-state index is 11.7. The second-order valence-electron chi connectivity index (χ2n) is 4.14. The van der Waals surface area contributed by atoms with E-state index < -0.39 is 0 Å². The van der Waals surface area contributed by atoms with Crippen LogP contribution in [0.1, 0.15) is 21.9 Å². The summed E-state index contributed by atoms with van der Waals surface area (Å²) >= 11 is 0. The van der Waals surface area contributed by atoms with Crippen molar-refractivity contribution in [3.05, 3.63) is 53.5 Å². The smallest absolute Gasteiger partial charge is 0.287 e. The number of furan rings is 1. The summed E-state index contributed by atoms with van der Waals surface area (Å²) in [6.07, 6.45) is 0.691. The Kier molecular flexibility index (Phi) is 4.20. The van der Waals surface area contributed by atoms with Gasteiger partial charge in [0.2, 0.25) is 0 Å². The molecule has 0 bridgehead atoms. The topological polar surface area (TPSA) is 88.5 Å². The average Bonchev–Trinajstić information content (AvgIpc) is 2.90. The first kappa shape index (κ1) is 13.2. The molecule has 1 heterocycles. The van der Waals surface area contributed by atoms with Crippen LogP contribution in [0.15, 0.2) is 40.8 Å². The fourth-order valence-corrected chi connectivity index (χ4v) is 1.68. The van der Waals surface area contributed by atoms with Crippen LogP contribution >= 0.6 is 0 Å². The first-order valence-electron chi connectivity index (χ1n) is 6.04. The van der Waals surface area contributed by atoms with E-state index in [1.165, 1.54) is 0 Å². The fourth-order valence-electron chi connectivity index (χ4n) is 1.68. The molecule has 0 aliphatic heterocycles. The molecule has 1 aromatic heterocycles. The Morgan fingerprint density at radius 1 is 1.21 bits per heavy atom. The number of nitrogens with one attached hydrogen (secondary N) is 1. The number of carbonyl (C=O) groups is 1. The zero-order chi connectivity index (χ0) is 13.7. The monoisotopic (exact) mass is 260 g/mol. The molecule has 1 aromatic carbocycles. The van der Waals surface area contributed by atoms with Gasteiger partial charge in [0, 0.05) is 6.54 Å². The summed E-state index contributed by atoms with van der Waals surface area (Å²) in [4.78, 5) is 11.7. The van der Waals surface area contributed by atoms with Gasteiger partial charge in [-0.15, -0.1) is 0 Å². The molecule has 0 saturated heterocycles. The first-order chi connectivity index (χ1) is 9.19. The van der Waals surface area contributed by atoms with E-state index in [4.69, 9.17) is 15.3 Å². The third kappa shape index (κ3) is 3.59. The van der Waals surface area contributed by atoms with Crippen LogP contribution in [-0.2, 0) is 13.0 Å². The van der Waals surface area contributed by atoms with Crippen molar-refractivity contribution in [3.8, 4) is 5.75 Å². The largest absolute Gasteiger partial charge is 0.508 e. The van der Waals surface area contributed by atoms with Crippen molar-refractivity contribution in [2.75, 3.05) is 6.54 Å². The van der Waals surface area contributed by atoms with Crippen molar-refractivity contribution >= 4 is 5.91 Å². The van der Waals surface area contributed by atoms with E-state index in [0.717, 1.165) is 5.56 Å². The molecule has 2 aromatic rings. The standard InChI is InChI=1S/C14H16N2O3/c15-9-12-5-6-13(19-12)14(18)16-8-7-10-1-3-11(17)4-2-10/h1-6,17H,7-9,15H2,(H,16,18). The zero-order valence-corrected chi connectivity index (χ0v) is 10.4. The second-order valence-corrected chi connectivity index (χ2v) is 4.14. The Morgan fingerprint density at radius 2 is 1.95 bits per heavy atom. The summed E-state index contributed by atoms with van der Waals surface area (Å²) in [6.45, 7) is 0.781. The summed E-state index contributed by atoms with van der Waals surface area (Å²) in [5, 5.41) is 11.9. The highest BCUT2D eigenvalue weighted by atomic mass is 16.4. The molecule has 0 atom stereocenters. The number of amides is 1. The minimum Gasteiger partial charge on any atom is -0.508 e. The summed E-state index contributed by atoms with van der Waals surface area (Å²) in [7, 11) is 0. The summed E-state index contributed by atoms with van der Waals surface area (Å²) in [6, 6.07) is 10.2. The number of aromatic hydroxyl groups is 1. The SMILES string of the molecule is NCc1ccc(C(=O)NCCc2ccc(O)cc2)o1. The molecule has 0 fully saturated rings. The molecule has 1 amide bonds. The summed E-state index contributed by atoms with van der Waals surface area (Å²) in [5.41, 5.74) is 6.45. The molecular weight excluding hydrogens is 244 g/mol. The van der Waals surface area contributed by atoms with Crippen LogP contribution in [0.4, 0.5) is 0 Å². The molecule has 5 heteroatoms. The van der Waals surface area contributed by atoms with Gasteiger partial charge < -0.3 is 20.6 Å². The van der Waals surface area contributed by atoms with Gasteiger partial charge in [-0.3, -0.25) is 4.79 Å². The quantitative estimate of drug-likeness (QED) is 0.758. The first-order valence-corrected chi connectivity index (χ1v) is 6.04. The van der Waals surface area contributed by atoms with Crippen LogP contribution in [-0.4, -0.2) is 17.6 Å². The number of benzene rings is 1. The average molecular weight is 260 g/mol. The Bertz CT molecular complexity index is 546. The highest BCUT2D eigenvalue weighted by Crippen LogP contribution is 2.10. The highest BCUT2D eigenvalue weighted by molar-refractivity contribution is 5.91. The zero-order valence-electron chi connectivity index (χ0n) is 10.4. The van der Waals surface area contributed by atoms with Crippen molar-refractivity contribution in [2.45, 2.75) is 13.0 Å². The maximum Gasteiger partial charge on any atom is 0.287 e. The Hall–Kier alpha value is -2.27. The predicted octanol–water partition coefficient (Wildman–Crippen LogP) is 1.42. The molecule has 5 nitrogen and oxygen atoms in total. The van der Waals surface area contributed by atoms with Crippen molar-refractivity contribution < 1.29 is 14.3 Å². The third-order valence-corrected chi connectivity index (χ3v) is 2.72. The van der Waals surface area contributed by atoms with Gasteiger partial charge in [0.05, 0.1) is 6.54 Å². The number of hydrogen-bond donors (Lipinski definition) is 3. The van der Waals surface area contributed by atoms with Crippen LogP contribution in [0, 0.1) is 0 Å². The molecule has 19 heavy (non-hydrogen) atoms. The van der Waals surface area contributed by atoms with E-state index >= 15 is 0 Å². The molecule has 4 N–H and O–H groups in total. The lowest BCUT2D eigenvalue weighted by Gasteiger charge is -2.03. The van der Waals surface area contributed by atoms with Crippen LogP contribution in [0.5, 0.6) is 5.75 Å². The minimum atomic E-state index is -0.251. The number of rotatable bonds is 5. The third-order valence-electron chi connectivity index (χ3n) is 2.72. The summed E-state index contributed by atoms with van der Waals surface area (Å²) < 4.78 is 5.24. The van der Waals surface area contributed by atoms with Crippen LogP contribution in [0.3, 0.4) is 0 Å². The lowest BCUT2D eigenvalue weighted by atomic mass is 10.1. The van der Waals surface area contributed by atoms with Gasteiger partial charge >= 0.3 is 0 Å². The summed E-state index contributed by atoms with van der Waals surface area (Å²) in [5.74, 6) is 0.839. The molecular formula is C14H16N2O3. The number of hydrogen-bond acceptors (Lipinski definition) is 4. The van der Waals surface area contributed by atoms with E-state index in [1.54, 1.807) is 24.3 Å². The number of phenols is 1. The van der Waals surface area contributed by atoms with E-state index in [2.05, 4.69) is 5.32 Å². The minimum absolute atomic E-state index is 0.234. The van der Waals surface area contributed by atoms with Gasteiger partial charge in [-0.25, -0.2) is 0 Å². The van der Waals surface area contributed by atoms with Crippen molar-refractivity contribution in [1.29, 1.82) is 0 Å². The second kappa shape index (κ2) is 6.06. The van der Waals surface area contributed by atoms with Gasteiger partial charge in [0.1, 0.15) is 11.5 Å². The van der Waals surface area contributed by atoms with Gasteiger partial charge in [0.25, 0.3) is 5.91 Å². The molecule has 100 valence electrons. The maximum absolute atomic E-state index is 11.7. The van der Waals surface area contributed by atoms with E-state index in [0.29, 0.717) is 18.7 Å². The lowest BCUT2D eigenvalue weighted by molar-refractivity contribution is 0.0924. The lowest BCUT2D eigenvalue weighted by Crippen LogP contribution is -2.25.